The third-order valence-corrected chi connectivity index (χ3v) is 8.15. The number of phosphoric ester groups is 1. The molecule has 1 saturated heterocycles. The van der Waals surface area contributed by atoms with Gasteiger partial charge in [-0.2, -0.15) is 8.62 Å². The highest BCUT2D eigenvalue weighted by atomic mass is 31.3. The van der Waals surface area contributed by atoms with E-state index in [-0.39, 0.29) is 17.0 Å². The number of aliphatic hydroxyl groups is 1. The van der Waals surface area contributed by atoms with Gasteiger partial charge in [0, 0.05) is 6.42 Å². The van der Waals surface area contributed by atoms with E-state index in [4.69, 9.17) is 20.3 Å². The molecule has 0 amide bonds. The number of alkyl halides is 1. The van der Waals surface area contributed by atoms with Gasteiger partial charge in [-0.25, -0.2) is 33.0 Å². The van der Waals surface area contributed by atoms with Gasteiger partial charge in [0.15, 0.2) is 17.7 Å². The van der Waals surface area contributed by atoms with E-state index in [0.29, 0.717) is 0 Å². The Bertz CT molecular complexity index is 1190. The van der Waals surface area contributed by atoms with Crippen LogP contribution in [0.3, 0.4) is 0 Å². The molecule has 1 aliphatic rings. The van der Waals surface area contributed by atoms with Gasteiger partial charge in [-0.15, -0.1) is 0 Å². The van der Waals surface area contributed by atoms with Gasteiger partial charge in [-0.05, 0) is 6.92 Å². The maximum Gasteiger partial charge on any atom is 0.490 e. The molecule has 3 rings (SSSR count). The van der Waals surface area contributed by atoms with Crippen LogP contribution in [0.1, 0.15) is 19.6 Å². The van der Waals surface area contributed by atoms with Crippen LogP contribution in [0.5, 0.6) is 0 Å². The van der Waals surface area contributed by atoms with Crippen molar-refractivity contribution >= 4 is 40.4 Å². The Hall–Kier alpha value is -1.39. The van der Waals surface area contributed by atoms with Gasteiger partial charge in [0.2, 0.25) is 0 Å². The van der Waals surface area contributed by atoms with Crippen LogP contribution >= 0.6 is 23.5 Å². The number of hydrogen-bond acceptors (Lipinski definition) is 12. The standard InChI is InChI=1S/C12H19FN5O12P3/c1-11(19)2-12(3-13,4-27-32(23,24)30-33(25,26)29-31(20,21)22)28-10(11)18-6-17-7-8(14)15-5-16-9(7)18/h5-6,10,19H,2-4H2,1H3,(H,23,24)(H,25,26)(H2,14,15,16)(H2,20,21,22). The van der Waals surface area contributed by atoms with Crippen LogP contribution in [-0.4, -0.2) is 68.7 Å². The number of nitrogen functional groups attached to an aromatic ring is 1. The Kier molecular flexibility index (Phi) is 6.90. The Morgan fingerprint density at radius 3 is 2.48 bits per heavy atom. The van der Waals surface area contributed by atoms with Crippen molar-refractivity contribution in [2.45, 2.75) is 30.8 Å². The van der Waals surface area contributed by atoms with Crippen LogP contribution in [0.2, 0.25) is 0 Å². The average molecular weight is 537 g/mol. The Labute approximate surface area is 183 Å². The molecule has 0 saturated carbocycles. The van der Waals surface area contributed by atoms with Crippen LogP contribution in [-0.2, 0) is 31.6 Å². The molecule has 0 bridgehead atoms. The highest BCUT2D eigenvalue weighted by Gasteiger charge is 2.55. The zero-order valence-corrected chi connectivity index (χ0v) is 19.2. The molecule has 3 heterocycles. The SMILES string of the molecule is CC1(O)CC(CF)(COP(=O)(O)OP(=O)(O)OP(=O)(O)O)OC1n1cnc2c(N)ncnc21. The molecule has 0 spiro atoms. The summed E-state index contributed by atoms with van der Waals surface area (Å²) >= 11 is 0. The Balaban J connectivity index is 1.80. The number of aromatic nitrogens is 4. The molecule has 5 unspecified atom stereocenters. The van der Waals surface area contributed by atoms with Crippen molar-refractivity contribution in [2.24, 2.45) is 0 Å². The Morgan fingerprint density at radius 2 is 1.88 bits per heavy atom. The summed E-state index contributed by atoms with van der Waals surface area (Å²) in [6.07, 6.45) is 0.483. The lowest BCUT2D eigenvalue weighted by molar-refractivity contribution is -0.128. The predicted molar refractivity (Wildman–Crippen MR) is 104 cm³/mol. The van der Waals surface area contributed by atoms with E-state index < -0.39 is 60.6 Å². The van der Waals surface area contributed by atoms with E-state index in [1.165, 1.54) is 17.8 Å². The minimum atomic E-state index is -5.76. The monoisotopic (exact) mass is 537 g/mol. The first kappa shape index (κ1) is 26.2. The third kappa shape index (κ3) is 6.00. The fraction of sp³-hybridized carbons (Fsp3) is 0.583. The summed E-state index contributed by atoms with van der Waals surface area (Å²) in [5, 5.41) is 10.8. The van der Waals surface area contributed by atoms with Crippen LogP contribution in [0, 0.1) is 0 Å². The van der Waals surface area contributed by atoms with Crippen LogP contribution in [0.25, 0.3) is 11.2 Å². The molecule has 186 valence electrons. The predicted octanol–water partition coefficient (Wildman–Crippen LogP) is 0.130. The van der Waals surface area contributed by atoms with Gasteiger partial charge in [0.05, 0.1) is 12.9 Å². The van der Waals surface area contributed by atoms with Crippen molar-refractivity contribution in [1.29, 1.82) is 0 Å². The summed E-state index contributed by atoms with van der Waals surface area (Å²) in [5.41, 5.74) is 2.15. The second kappa shape index (κ2) is 8.68. The molecule has 0 radical (unpaired) electrons. The van der Waals surface area contributed by atoms with Crippen LogP contribution < -0.4 is 5.73 Å². The maximum atomic E-state index is 14.0. The Morgan fingerprint density at radius 1 is 1.21 bits per heavy atom. The minimum Gasteiger partial charge on any atom is -0.385 e. The van der Waals surface area contributed by atoms with Crippen molar-refractivity contribution in [2.75, 3.05) is 19.0 Å². The summed E-state index contributed by atoms with van der Waals surface area (Å²) in [4.78, 5) is 47.7. The molecule has 2 aromatic heterocycles. The summed E-state index contributed by atoms with van der Waals surface area (Å²) < 4.78 is 66.6. The van der Waals surface area contributed by atoms with E-state index in [2.05, 4.69) is 28.1 Å². The molecule has 1 aliphatic heterocycles. The number of fused-ring (bicyclic) bond motifs is 1. The van der Waals surface area contributed by atoms with Crippen molar-refractivity contribution in [1.82, 2.24) is 19.5 Å². The van der Waals surface area contributed by atoms with Crippen molar-refractivity contribution in [3.8, 4) is 0 Å². The normalized spacial score (nSPS) is 29.7. The third-order valence-electron chi connectivity index (χ3n) is 4.36. The number of ether oxygens (including phenoxy) is 1. The lowest BCUT2D eigenvalue weighted by Crippen LogP contribution is -2.38. The van der Waals surface area contributed by atoms with E-state index >= 15 is 0 Å². The van der Waals surface area contributed by atoms with Gasteiger partial charge < -0.3 is 35.2 Å². The highest BCUT2D eigenvalue weighted by Crippen LogP contribution is 2.66. The van der Waals surface area contributed by atoms with E-state index in [1.54, 1.807) is 0 Å². The first-order valence-corrected chi connectivity index (χ1v) is 13.2. The van der Waals surface area contributed by atoms with Crippen molar-refractivity contribution in [3.63, 3.8) is 0 Å². The number of hydrogen-bond donors (Lipinski definition) is 6. The molecule has 21 heteroatoms. The average Bonchev–Trinajstić information content (AvgIpc) is 3.16. The van der Waals surface area contributed by atoms with E-state index in [1.807, 2.05) is 0 Å². The zero-order valence-electron chi connectivity index (χ0n) is 16.5. The molecule has 17 nitrogen and oxygen atoms in total. The van der Waals surface area contributed by atoms with Crippen LogP contribution in [0.4, 0.5) is 10.2 Å². The van der Waals surface area contributed by atoms with E-state index in [0.717, 1.165) is 6.33 Å². The number of imidazole rings is 1. The number of nitrogens with zero attached hydrogens (tertiary/aromatic N) is 4. The number of rotatable bonds is 9. The van der Waals surface area contributed by atoms with Crippen LogP contribution in [0.15, 0.2) is 12.7 Å². The first-order chi connectivity index (χ1) is 15.0. The second-order valence-corrected chi connectivity index (χ2v) is 11.7. The number of anilines is 1. The molecule has 7 N–H and O–H groups in total. The fourth-order valence-electron chi connectivity index (χ4n) is 3.25. The molecular weight excluding hydrogens is 518 g/mol. The number of nitrogens with two attached hydrogens (primary N) is 1. The second-order valence-electron chi connectivity index (χ2n) is 7.27. The van der Waals surface area contributed by atoms with Gasteiger partial charge in [0.25, 0.3) is 0 Å². The zero-order chi connectivity index (χ0) is 24.9. The molecule has 1 fully saturated rings. The van der Waals surface area contributed by atoms with E-state index in [9.17, 15) is 33.0 Å². The molecule has 33 heavy (non-hydrogen) atoms. The summed E-state index contributed by atoms with van der Waals surface area (Å²) in [6, 6.07) is 0. The fourth-order valence-corrected chi connectivity index (χ4v) is 6.34. The first-order valence-electron chi connectivity index (χ1n) is 8.66. The highest BCUT2D eigenvalue weighted by molar-refractivity contribution is 7.66. The molecule has 0 aliphatic carbocycles. The molecular formula is C12H19FN5O12P3. The number of halogens is 1. The molecule has 0 aromatic carbocycles. The van der Waals surface area contributed by atoms with Gasteiger partial charge in [-0.1, -0.05) is 0 Å². The van der Waals surface area contributed by atoms with Gasteiger partial charge in [0.1, 0.15) is 29.7 Å². The van der Waals surface area contributed by atoms with Gasteiger partial charge in [-0.3, -0.25) is 9.09 Å². The summed E-state index contributed by atoms with van der Waals surface area (Å²) in [6.45, 7) is -1.18. The summed E-state index contributed by atoms with van der Waals surface area (Å²) in [7, 11) is -16.9. The van der Waals surface area contributed by atoms with Gasteiger partial charge >= 0.3 is 23.5 Å². The lowest BCUT2D eigenvalue weighted by Gasteiger charge is -2.27. The summed E-state index contributed by atoms with van der Waals surface area (Å²) in [5.74, 6) is 0.0285. The number of phosphoric acid groups is 3. The molecule has 5 atom stereocenters. The topological polar surface area (TPSA) is 259 Å². The lowest BCUT2D eigenvalue weighted by atomic mass is 9.92. The van der Waals surface area contributed by atoms with Crippen molar-refractivity contribution < 1.29 is 60.6 Å². The van der Waals surface area contributed by atoms with Crippen molar-refractivity contribution in [3.05, 3.63) is 12.7 Å². The smallest absolute Gasteiger partial charge is 0.385 e. The maximum absolute atomic E-state index is 14.0. The minimum absolute atomic E-state index is 0.0285. The quantitative estimate of drug-likeness (QED) is 0.232. The molecule has 2 aromatic rings. The largest absolute Gasteiger partial charge is 0.490 e.